The molecule has 0 N–H and O–H groups in total. The van der Waals surface area contributed by atoms with Crippen LogP contribution in [0.3, 0.4) is 0 Å². The lowest BCUT2D eigenvalue weighted by atomic mass is 9.82. The monoisotopic (exact) mass is 532 g/mol. The van der Waals surface area contributed by atoms with Crippen LogP contribution in [-0.4, -0.2) is 36.8 Å². The number of esters is 1. The number of rotatable bonds is 9. The molecule has 39 heavy (non-hydrogen) atoms. The van der Waals surface area contributed by atoms with Crippen molar-refractivity contribution in [1.29, 1.82) is 0 Å². The first-order chi connectivity index (χ1) is 18.6. The third-order valence-electron chi connectivity index (χ3n) is 7.63. The molecule has 3 aromatic rings. The maximum Gasteiger partial charge on any atom is 0.310 e. The molecule has 1 fully saturated rings. The Morgan fingerprint density at radius 2 is 1.67 bits per heavy atom. The summed E-state index contributed by atoms with van der Waals surface area (Å²) in [6, 6.07) is 14.7. The van der Waals surface area contributed by atoms with Gasteiger partial charge in [0.2, 0.25) is 0 Å². The second-order valence-electron chi connectivity index (χ2n) is 11.4. The van der Waals surface area contributed by atoms with Crippen LogP contribution in [-0.2, 0) is 22.4 Å². The summed E-state index contributed by atoms with van der Waals surface area (Å²) in [5.74, 6) is 0.315. The highest BCUT2D eigenvalue weighted by atomic mass is 19.1. The summed E-state index contributed by atoms with van der Waals surface area (Å²) < 4.78 is 24.8. The average molecular weight is 533 g/mol. The van der Waals surface area contributed by atoms with Crippen LogP contribution >= 0.6 is 0 Å². The zero-order valence-electron chi connectivity index (χ0n) is 24.1. The molecule has 0 amide bonds. The fourth-order valence-electron chi connectivity index (χ4n) is 5.39. The quantitative estimate of drug-likeness (QED) is 0.272. The summed E-state index contributed by atoms with van der Waals surface area (Å²) in [6.45, 7) is 14.8. The Morgan fingerprint density at radius 1 is 1.03 bits per heavy atom. The fraction of sp³-hybridized carbons (Fsp3) is 0.455. The van der Waals surface area contributed by atoms with Crippen molar-refractivity contribution in [3.05, 3.63) is 76.9 Å². The second kappa shape index (κ2) is 12.2. The van der Waals surface area contributed by atoms with Crippen LogP contribution in [0.4, 0.5) is 10.1 Å². The van der Waals surface area contributed by atoms with E-state index in [4.69, 9.17) is 14.5 Å². The van der Waals surface area contributed by atoms with Crippen molar-refractivity contribution in [2.75, 3.05) is 24.6 Å². The lowest BCUT2D eigenvalue weighted by Gasteiger charge is -2.40. The third kappa shape index (κ3) is 7.17. The molecule has 1 aromatic heterocycles. The lowest BCUT2D eigenvalue weighted by molar-refractivity contribution is -0.142. The number of halogens is 1. The van der Waals surface area contributed by atoms with Crippen molar-refractivity contribution < 1.29 is 18.7 Å². The van der Waals surface area contributed by atoms with Crippen LogP contribution in [0.1, 0.15) is 63.1 Å². The van der Waals surface area contributed by atoms with E-state index in [1.165, 1.54) is 12.1 Å². The molecule has 0 bridgehead atoms. The van der Waals surface area contributed by atoms with Crippen LogP contribution in [0.25, 0.3) is 11.1 Å². The first-order valence-electron chi connectivity index (χ1n) is 14.0. The van der Waals surface area contributed by atoms with Crippen molar-refractivity contribution in [1.82, 2.24) is 4.98 Å². The van der Waals surface area contributed by atoms with E-state index in [2.05, 4.69) is 30.9 Å². The third-order valence-corrected chi connectivity index (χ3v) is 7.63. The van der Waals surface area contributed by atoms with Gasteiger partial charge in [0, 0.05) is 42.0 Å². The minimum Gasteiger partial charge on any atom is -0.490 e. The van der Waals surface area contributed by atoms with Gasteiger partial charge >= 0.3 is 5.97 Å². The number of carbonyl (C=O) groups is 1. The molecular formula is C33H41FN2O3. The predicted octanol–water partition coefficient (Wildman–Crippen LogP) is 7.25. The first-order valence-corrected chi connectivity index (χ1v) is 14.0. The van der Waals surface area contributed by atoms with Gasteiger partial charge in [-0.15, -0.1) is 0 Å². The van der Waals surface area contributed by atoms with Crippen molar-refractivity contribution >= 4 is 11.7 Å². The number of hydrogen-bond acceptors (Lipinski definition) is 5. The van der Waals surface area contributed by atoms with Gasteiger partial charge in [-0.3, -0.25) is 9.78 Å². The van der Waals surface area contributed by atoms with Crippen LogP contribution < -0.4 is 9.64 Å². The van der Waals surface area contributed by atoms with Gasteiger partial charge in [0.1, 0.15) is 11.6 Å². The molecule has 0 radical (unpaired) electrons. The Hall–Kier alpha value is -3.41. The van der Waals surface area contributed by atoms with Crippen molar-refractivity contribution in [3.63, 3.8) is 0 Å². The molecule has 0 aliphatic carbocycles. The maximum absolute atomic E-state index is 13.2. The molecule has 1 unspecified atom stereocenters. The van der Waals surface area contributed by atoms with E-state index >= 15 is 0 Å². The number of aromatic nitrogens is 1. The lowest BCUT2D eigenvalue weighted by Crippen LogP contribution is -2.38. The van der Waals surface area contributed by atoms with E-state index in [-0.39, 0.29) is 24.3 Å². The van der Waals surface area contributed by atoms with Gasteiger partial charge in [-0.2, -0.15) is 0 Å². The highest BCUT2D eigenvalue weighted by molar-refractivity contribution is 5.86. The van der Waals surface area contributed by atoms with Gasteiger partial charge in [0.05, 0.1) is 24.8 Å². The molecule has 1 atom stereocenters. The average Bonchev–Trinajstić information content (AvgIpc) is 2.88. The smallest absolute Gasteiger partial charge is 0.310 e. The molecule has 2 heterocycles. The maximum atomic E-state index is 13.2. The number of nitrogens with zero attached hydrogens (tertiary/aromatic N) is 2. The molecule has 1 aliphatic heterocycles. The number of ether oxygens (including phenoxy) is 2. The molecule has 208 valence electrons. The zero-order chi connectivity index (χ0) is 28.2. The van der Waals surface area contributed by atoms with Crippen molar-refractivity contribution in [2.24, 2.45) is 5.41 Å². The van der Waals surface area contributed by atoms with Crippen molar-refractivity contribution in [3.8, 4) is 16.9 Å². The summed E-state index contributed by atoms with van der Waals surface area (Å²) in [6.07, 6.45) is 3.01. The topological polar surface area (TPSA) is 51.7 Å². The SMILES string of the molecule is CCOC(=O)Cc1c(C)nc(C)c(-c2ccc(OC(C)Cc3ccc(F)cc3)cc2)c1N1CCC(C)(C)CC1. The van der Waals surface area contributed by atoms with E-state index in [1.807, 2.05) is 39.8 Å². The molecule has 5 nitrogen and oxygen atoms in total. The largest absolute Gasteiger partial charge is 0.490 e. The van der Waals surface area contributed by atoms with Gasteiger partial charge in [-0.1, -0.05) is 38.1 Å². The van der Waals surface area contributed by atoms with Gasteiger partial charge in [0.15, 0.2) is 0 Å². The summed E-state index contributed by atoms with van der Waals surface area (Å²) >= 11 is 0. The van der Waals surface area contributed by atoms with E-state index in [1.54, 1.807) is 12.1 Å². The van der Waals surface area contributed by atoms with Crippen LogP contribution in [0.15, 0.2) is 48.5 Å². The Labute approximate surface area is 232 Å². The Bertz CT molecular complexity index is 1280. The van der Waals surface area contributed by atoms with Crippen LogP contribution in [0.5, 0.6) is 5.75 Å². The predicted molar refractivity (Wildman–Crippen MR) is 155 cm³/mol. The fourth-order valence-corrected chi connectivity index (χ4v) is 5.39. The van der Waals surface area contributed by atoms with Crippen LogP contribution in [0, 0.1) is 25.1 Å². The minimum absolute atomic E-state index is 0.0625. The number of aryl methyl sites for hydroxylation is 2. The molecule has 0 saturated carbocycles. The number of piperidine rings is 1. The zero-order valence-corrected chi connectivity index (χ0v) is 24.1. The molecule has 6 heteroatoms. The van der Waals surface area contributed by atoms with Gasteiger partial charge in [0.25, 0.3) is 0 Å². The normalized spacial score (nSPS) is 15.6. The first kappa shape index (κ1) is 28.6. The second-order valence-corrected chi connectivity index (χ2v) is 11.4. The molecule has 2 aromatic carbocycles. The van der Waals surface area contributed by atoms with Crippen LogP contribution in [0.2, 0.25) is 0 Å². The van der Waals surface area contributed by atoms with Gasteiger partial charge < -0.3 is 14.4 Å². The summed E-state index contributed by atoms with van der Waals surface area (Å²) in [5, 5.41) is 0. The van der Waals surface area contributed by atoms with Crippen molar-refractivity contribution in [2.45, 2.75) is 73.3 Å². The van der Waals surface area contributed by atoms with Gasteiger partial charge in [-0.05, 0) is 81.3 Å². The standard InChI is InChI=1S/C33H41FN2O3/c1-7-38-30(37)21-29-23(3)35-24(4)31(32(29)36-18-16-33(5,6)17-19-36)26-10-14-28(15-11-26)39-22(2)20-25-8-12-27(34)13-9-25/h8-15,22H,7,16-21H2,1-6H3. The number of hydrogen-bond donors (Lipinski definition) is 0. The molecule has 4 rings (SSSR count). The number of pyridine rings is 1. The summed E-state index contributed by atoms with van der Waals surface area (Å²) in [7, 11) is 0. The number of anilines is 1. The Morgan fingerprint density at radius 3 is 2.28 bits per heavy atom. The summed E-state index contributed by atoms with van der Waals surface area (Å²) in [5.41, 5.74) is 7.30. The Kier molecular flexibility index (Phi) is 8.94. The Balaban J connectivity index is 1.64. The number of benzene rings is 2. The van der Waals surface area contributed by atoms with E-state index in [0.29, 0.717) is 18.4 Å². The summed E-state index contributed by atoms with van der Waals surface area (Å²) in [4.78, 5) is 19.9. The number of carbonyl (C=O) groups excluding carboxylic acids is 1. The molecule has 1 saturated heterocycles. The molecular weight excluding hydrogens is 491 g/mol. The van der Waals surface area contributed by atoms with E-state index in [0.717, 1.165) is 71.0 Å². The highest BCUT2D eigenvalue weighted by Gasteiger charge is 2.30. The molecule has 0 spiro atoms. The molecule has 1 aliphatic rings. The van der Waals surface area contributed by atoms with E-state index in [9.17, 15) is 9.18 Å². The highest BCUT2D eigenvalue weighted by Crippen LogP contribution is 2.42. The van der Waals surface area contributed by atoms with Gasteiger partial charge in [-0.25, -0.2) is 4.39 Å². The minimum atomic E-state index is -0.234. The van der Waals surface area contributed by atoms with E-state index < -0.39 is 0 Å².